The monoisotopic (exact) mass is 285 g/mol. The third-order valence-corrected chi connectivity index (χ3v) is 4.31. The van der Waals surface area contributed by atoms with Crippen LogP contribution in [0.2, 0.25) is 0 Å². The van der Waals surface area contributed by atoms with Crippen molar-refractivity contribution >= 4 is 16.8 Å². The van der Waals surface area contributed by atoms with Crippen LogP contribution in [0.4, 0.5) is 0 Å². The van der Waals surface area contributed by atoms with E-state index in [0.717, 1.165) is 37.1 Å². The minimum absolute atomic E-state index is 0.110. The van der Waals surface area contributed by atoms with Gasteiger partial charge in [0.1, 0.15) is 5.69 Å². The second-order valence-electron chi connectivity index (χ2n) is 5.83. The number of piperidine rings is 1. The number of benzene rings is 1. The number of carbonyl (C=O) groups excluding carboxylic acids is 1. The lowest BCUT2D eigenvalue weighted by Gasteiger charge is -2.29. The first-order valence-electron chi connectivity index (χ1n) is 7.85. The van der Waals surface area contributed by atoms with Gasteiger partial charge in [0.15, 0.2) is 0 Å². The van der Waals surface area contributed by atoms with Crippen LogP contribution in [0, 0.1) is 5.92 Å². The molecule has 1 fully saturated rings. The molecule has 2 aromatic rings. The van der Waals surface area contributed by atoms with Crippen molar-refractivity contribution in [3.63, 3.8) is 0 Å². The minimum atomic E-state index is 0.110. The van der Waals surface area contributed by atoms with Crippen LogP contribution in [0.1, 0.15) is 30.3 Å². The van der Waals surface area contributed by atoms with Gasteiger partial charge < -0.3 is 15.2 Å². The Morgan fingerprint density at radius 3 is 2.95 bits per heavy atom. The highest BCUT2D eigenvalue weighted by atomic mass is 16.2. The summed E-state index contributed by atoms with van der Waals surface area (Å²) >= 11 is 0. The van der Waals surface area contributed by atoms with E-state index < -0.39 is 0 Å². The molecule has 2 heterocycles. The van der Waals surface area contributed by atoms with Gasteiger partial charge in [0.25, 0.3) is 5.91 Å². The first kappa shape index (κ1) is 14.1. The average molecular weight is 285 g/mol. The number of rotatable bonds is 4. The Labute approximate surface area is 125 Å². The van der Waals surface area contributed by atoms with E-state index in [1.54, 1.807) is 0 Å². The first-order chi connectivity index (χ1) is 10.3. The molecule has 1 amide bonds. The molecule has 21 heavy (non-hydrogen) atoms. The summed E-state index contributed by atoms with van der Waals surface area (Å²) in [4.78, 5) is 17.9. The van der Waals surface area contributed by atoms with Crippen LogP contribution >= 0.6 is 0 Å². The summed E-state index contributed by atoms with van der Waals surface area (Å²) in [6, 6.07) is 9.98. The molecule has 2 N–H and O–H groups in total. The Morgan fingerprint density at radius 1 is 1.38 bits per heavy atom. The summed E-state index contributed by atoms with van der Waals surface area (Å²) in [5.74, 6) is 0.686. The molecule has 0 saturated carbocycles. The summed E-state index contributed by atoms with van der Waals surface area (Å²) in [5.41, 5.74) is 1.72. The van der Waals surface area contributed by atoms with Crippen molar-refractivity contribution in [3.8, 4) is 0 Å². The minimum Gasteiger partial charge on any atom is -0.351 e. The van der Waals surface area contributed by atoms with Crippen LogP contribution in [0.25, 0.3) is 10.9 Å². The Bertz CT molecular complexity index is 580. The maximum absolute atomic E-state index is 12.7. The number of carbonyl (C=O) groups is 1. The van der Waals surface area contributed by atoms with E-state index in [4.69, 9.17) is 0 Å². The number of para-hydroxylation sites is 1. The van der Waals surface area contributed by atoms with Gasteiger partial charge in [-0.05, 0) is 50.9 Å². The number of hydrogen-bond acceptors (Lipinski definition) is 2. The normalized spacial score (nSPS) is 18.8. The molecule has 112 valence electrons. The Morgan fingerprint density at radius 2 is 2.24 bits per heavy atom. The van der Waals surface area contributed by atoms with E-state index in [1.165, 1.54) is 12.8 Å². The zero-order valence-corrected chi connectivity index (χ0v) is 12.6. The highest BCUT2D eigenvalue weighted by molar-refractivity contribution is 5.98. The van der Waals surface area contributed by atoms with Gasteiger partial charge in [0, 0.05) is 24.0 Å². The van der Waals surface area contributed by atoms with E-state index in [1.807, 2.05) is 35.2 Å². The molecule has 1 aliphatic heterocycles. The van der Waals surface area contributed by atoms with Gasteiger partial charge in [-0.25, -0.2) is 0 Å². The molecule has 3 rings (SSSR count). The molecule has 1 unspecified atom stereocenters. The quantitative estimate of drug-likeness (QED) is 0.907. The van der Waals surface area contributed by atoms with Crippen LogP contribution in [0.3, 0.4) is 0 Å². The Hall–Kier alpha value is -1.81. The fourth-order valence-electron chi connectivity index (χ4n) is 3.11. The fraction of sp³-hybridized carbons (Fsp3) is 0.471. The summed E-state index contributed by atoms with van der Waals surface area (Å²) in [6.07, 6.45) is 2.42. The highest BCUT2D eigenvalue weighted by Gasteiger charge is 2.21. The van der Waals surface area contributed by atoms with Gasteiger partial charge in [0.2, 0.25) is 0 Å². The predicted molar refractivity (Wildman–Crippen MR) is 85.5 cm³/mol. The summed E-state index contributed by atoms with van der Waals surface area (Å²) in [6.45, 7) is 5.79. The number of nitrogens with one attached hydrogen (secondary N) is 2. The Kier molecular flexibility index (Phi) is 4.25. The number of aromatic nitrogens is 1. The number of aromatic amines is 1. The lowest BCUT2D eigenvalue weighted by molar-refractivity contribution is 0.0724. The molecule has 4 heteroatoms. The molecule has 1 aromatic carbocycles. The summed E-state index contributed by atoms with van der Waals surface area (Å²) < 4.78 is 0. The average Bonchev–Trinajstić information content (AvgIpc) is 2.97. The lowest BCUT2D eigenvalue weighted by Crippen LogP contribution is -2.41. The van der Waals surface area contributed by atoms with E-state index in [0.29, 0.717) is 11.6 Å². The number of amides is 1. The van der Waals surface area contributed by atoms with Crippen LogP contribution in [-0.4, -0.2) is 42.0 Å². The Balaban J connectivity index is 1.74. The van der Waals surface area contributed by atoms with Crippen LogP contribution in [0.15, 0.2) is 30.3 Å². The standard InChI is InChI=1S/C17H23N3O/c1-2-20(12-13-6-5-9-18-11-13)17(21)16-10-14-7-3-4-8-15(14)19-16/h3-4,7-8,10,13,18-19H,2,5-6,9,11-12H2,1H3. The first-order valence-corrected chi connectivity index (χ1v) is 7.85. The fourth-order valence-corrected chi connectivity index (χ4v) is 3.11. The second kappa shape index (κ2) is 6.31. The molecule has 1 aliphatic rings. The van der Waals surface area contributed by atoms with E-state index in [-0.39, 0.29) is 5.91 Å². The van der Waals surface area contributed by atoms with Crippen molar-refractivity contribution in [2.45, 2.75) is 19.8 Å². The molecule has 0 spiro atoms. The van der Waals surface area contributed by atoms with Crippen molar-refractivity contribution in [2.24, 2.45) is 5.92 Å². The van der Waals surface area contributed by atoms with Crippen molar-refractivity contribution in [3.05, 3.63) is 36.0 Å². The van der Waals surface area contributed by atoms with Crippen molar-refractivity contribution < 1.29 is 4.79 Å². The van der Waals surface area contributed by atoms with Crippen molar-refractivity contribution in [2.75, 3.05) is 26.2 Å². The molecule has 0 aliphatic carbocycles. The number of H-pyrrole nitrogens is 1. The van der Waals surface area contributed by atoms with Gasteiger partial charge in [-0.15, -0.1) is 0 Å². The molecule has 0 bridgehead atoms. The molecule has 4 nitrogen and oxygen atoms in total. The molecular formula is C17H23N3O. The van der Waals surface area contributed by atoms with E-state index in [9.17, 15) is 4.79 Å². The predicted octanol–water partition coefficient (Wildman–Crippen LogP) is 2.63. The molecular weight excluding hydrogens is 262 g/mol. The van der Waals surface area contributed by atoms with Crippen LogP contribution in [-0.2, 0) is 0 Å². The molecule has 1 aromatic heterocycles. The van der Waals surface area contributed by atoms with Gasteiger partial charge in [-0.1, -0.05) is 18.2 Å². The van der Waals surface area contributed by atoms with Crippen LogP contribution in [0.5, 0.6) is 0 Å². The molecule has 1 atom stereocenters. The second-order valence-corrected chi connectivity index (χ2v) is 5.83. The van der Waals surface area contributed by atoms with E-state index in [2.05, 4.69) is 17.2 Å². The zero-order chi connectivity index (χ0) is 14.7. The van der Waals surface area contributed by atoms with E-state index >= 15 is 0 Å². The topological polar surface area (TPSA) is 48.1 Å². The molecule has 0 radical (unpaired) electrons. The maximum atomic E-state index is 12.7. The number of fused-ring (bicyclic) bond motifs is 1. The lowest BCUT2D eigenvalue weighted by atomic mass is 9.99. The van der Waals surface area contributed by atoms with Crippen LogP contribution < -0.4 is 5.32 Å². The number of nitrogens with zero attached hydrogens (tertiary/aromatic N) is 1. The summed E-state index contributed by atoms with van der Waals surface area (Å²) in [7, 11) is 0. The SMILES string of the molecule is CCN(CC1CCCNC1)C(=O)c1cc2ccccc2[nH]1. The van der Waals surface area contributed by atoms with Crippen molar-refractivity contribution in [1.82, 2.24) is 15.2 Å². The summed E-state index contributed by atoms with van der Waals surface area (Å²) in [5, 5.41) is 4.51. The van der Waals surface area contributed by atoms with Gasteiger partial charge in [-0.2, -0.15) is 0 Å². The van der Waals surface area contributed by atoms with Gasteiger partial charge >= 0.3 is 0 Å². The molecule has 1 saturated heterocycles. The zero-order valence-electron chi connectivity index (χ0n) is 12.6. The van der Waals surface area contributed by atoms with Gasteiger partial charge in [-0.3, -0.25) is 4.79 Å². The van der Waals surface area contributed by atoms with Crippen molar-refractivity contribution in [1.29, 1.82) is 0 Å². The smallest absolute Gasteiger partial charge is 0.270 e. The van der Waals surface area contributed by atoms with Gasteiger partial charge in [0.05, 0.1) is 0 Å². The maximum Gasteiger partial charge on any atom is 0.270 e. The third-order valence-electron chi connectivity index (χ3n) is 4.31. The number of hydrogen-bond donors (Lipinski definition) is 2. The third kappa shape index (κ3) is 3.10. The highest BCUT2D eigenvalue weighted by Crippen LogP contribution is 2.18. The largest absolute Gasteiger partial charge is 0.351 e.